The molecule has 8 N–H and O–H groups in total. The number of anilines is 1. The Labute approximate surface area is 196 Å². The van der Waals surface area contributed by atoms with Crippen LogP contribution in [0.2, 0.25) is 0 Å². The Hall–Kier alpha value is -1.11. The predicted molar refractivity (Wildman–Crippen MR) is 123 cm³/mol. The maximum Gasteiger partial charge on any atom is 0.194 e. The molecule has 1 aliphatic carbocycles. The highest BCUT2D eigenvalue weighted by atomic mass is 79.9. The van der Waals surface area contributed by atoms with Crippen LogP contribution in [0.15, 0.2) is 16.6 Å². The first-order valence-electron chi connectivity index (χ1n) is 11.0. The molecule has 0 aliphatic heterocycles. The summed E-state index contributed by atoms with van der Waals surface area (Å²) in [6.45, 7) is 2.55. The van der Waals surface area contributed by atoms with Crippen molar-refractivity contribution in [3.05, 3.63) is 27.7 Å². The summed E-state index contributed by atoms with van der Waals surface area (Å²) in [5.41, 5.74) is 7.50. The van der Waals surface area contributed by atoms with Crippen LogP contribution in [-0.2, 0) is 6.54 Å². The van der Waals surface area contributed by atoms with E-state index in [4.69, 9.17) is 10.8 Å². The average Bonchev–Trinajstić information content (AvgIpc) is 2.82. The number of rotatable bonds is 11. The Balaban J connectivity index is 2.22. The molecule has 0 spiro atoms. The first kappa shape index (κ1) is 27.1. The number of carbonyl (C=O) groups excluding carboxylic acids is 1. The molecule has 182 valence electrons. The summed E-state index contributed by atoms with van der Waals surface area (Å²) in [5, 5.41) is 58.6. The van der Waals surface area contributed by atoms with Gasteiger partial charge in [0.05, 0.1) is 12.3 Å². The topological polar surface area (TPSA) is 168 Å². The molecule has 0 amide bonds. The highest BCUT2D eigenvalue weighted by Crippen LogP contribution is 2.30. The lowest BCUT2D eigenvalue weighted by Gasteiger charge is -2.34. The third-order valence-corrected chi connectivity index (χ3v) is 6.90. The zero-order chi connectivity index (χ0) is 24.0. The van der Waals surface area contributed by atoms with Crippen molar-refractivity contribution >= 4 is 27.4 Å². The zero-order valence-electron chi connectivity index (χ0n) is 18.3. The van der Waals surface area contributed by atoms with E-state index < -0.39 is 42.9 Å². The second-order valence-electron chi connectivity index (χ2n) is 8.42. The molecule has 1 unspecified atom stereocenters. The molecule has 0 aromatic heterocycles. The van der Waals surface area contributed by atoms with Crippen LogP contribution in [-0.4, -0.2) is 91.0 Å². The Bertz CT molecular complexity index is 760. The lowest BCUT2D eigenvalue weighted by molar-refractivity contribution is -0.133. The predicted octanol–water partition coefficient (Wildman–Crippen LogP) is 0.165. The Morgan fingerprint density at radius 2 is 1.72 bits per heavy atom. The molecule has 9 nitrogen and oxygen atoms in total. The third-order valence-electron chi connectivity index (χ3n) is 6.24. The molecule has 2 rings (SSSR count). The molecule has 1 aromatic rings. The molecule has 5 atom stereocenters. The van der Waals surface area contributed by atoms with E-state index in [1.54, 1.807) is 6.07 Å². The van der Waals surface area contributed by atoms with Crippen molar-refractivity contribution in [3.8, 4) is 0 Å². The van der Waals surface area contributed by atoms with Crippen molar-refractivity contribution in [1.82, 2.24) is 4.90 Å². The van der Waals surface area contributed by atoms with Crippen LogP contribution < -0.4 is 5.73 Å². The smallest absolute Gasteiger partial charge is 0.194 e. The average molecular weight is 519 g/mol. The normalized spacial score (nSPS) is 20.0. The number of Topliss-reactive ketones (excluding diaryl/α,β-unsaturated/α-hetero) is 1. The van der Waals surface area contributed by atoms with Gasteiger partial charge >= 0.3 is 0 Å². The highest BCUT2D eigenvalue weighted by molar-refractivity contribution is 9.10. The number of halogens is 1. The number of hydrogen-bond donors (Lipinski definition) is 7. The van der Waals surface area contributed by atoms with Crippen LogP contribution in [0.3, 0.4) is 0 Å². The van der Waals surface area contributed by atoms with Gasteiger partial charge in [-0.3, -0.25) is 9.69 Å². The van der Waals surface area contributed by atoms with E-state index in [-0.39, 0.29) is 5.56 Å². The summed E-state index contributed by atoms with van der Waals surface area (Å²) in [6, 6.07) is 3.43. The van der Waals surface area contributed by atoms with Crippen molar-refractivity contribution in [2.45, 2.75) is 82.1 Å². The van der Waals surface area contributed by atoms with E-state index in [9.17, 15) is 30.3 Å². The number of aliphatic hydroxyl groups is 6. The fourth-order valence-electron chi connectivity index (χ4n) is 4.16. The third kappa shape index (κ3) is 6.48. The molecule has 0 radical (unpaired) electrons. The van der Waals surface area contributed by atoms with Crippen molar-refractivity contribution in [2.24, 2.45) is 0 Å². The maximum atomic E-state index is 12.8. The number of nitrogens with two attached hydrogens (primary N) is 1. The largest absolute Gasteiger partial charge is 0.398 e. The van der Waals surface area contributed by atoms with E-state index in [0.717, 1.165) is 19.4 Å². The molecule has 32 heavy (non-hydrogen) atoms. The lowest BCUT2D eigenvalue weighted by Crippen LogP contribution is -2.51. The minimum atomic E-state index is -2.08. The lowest BCUT2D eigenvalue weighted by atomic mass is 9.92. The number of nitrogens with zero attached hydrogens (tertiary/aromatic N) is 1. The van der Waals surface area contributed by atoms with Crippen LogP contribution in [0.5, 0.6) is 0 Å². The van der Waals surface area contributed by atoms with E-state index in [2.05, 4.69) is 27.8 Å². The standard InChI is InChI=1S/C22H35BrN2O7/c1-2-25(14-6-4-3-5-7-14)10-13-8-12(9-15(23)17(13)24)18(28)20(30)22(32)21(31)19(29)16(27)11-26/h8-9,14,16,19-22,26-27,29-32H,2-7,10-11,24H2,1H3/t16-,19-,20?,21+,22-/m1/s1. The Kier molecular flexibility index (Phi) is 10.5. The first-order chi connectivity index (χ1) is 15.1. The van der Waals surface area contributed by atoms with E-state index >= 15 is 0 Å². The number of carbonyl (C=O) groups is 1. The highest BCUT2D eigenvalue weighted by Gasteiger charge is 2.37. The van der Waals surface area contributed by atoms with Gasteiger partial charge in [0.2, 0.25) is 0 Å². The summed E-state index contributed by atoms with van der Waals surface area (Å²) in [5.74, 6) is -0.870. The number of aliphatic hydroxyl groups excluding tert-OH is 6. The van der Waals surface area contributed by atoms with Crippen molar-refractivity contribution in [3.63, 3.8) is 0 Å². The fraction of sp³-hybridized carbons (Fsp3) is 0.682. The summed E-state index contributed by atoms with van der Waals surface area (Å²) in [4.78, 5) is 15.1. The summed E-state index contributed by atoms with van der Waals surface area (Å²) in [7, 11) is 0. The van der Waals surface area contributed by atoms with E-state index in [0.29, 0.717) is 28.3 Å². The fourth-order valence-corrected chi connectivity index (χ4v) is 4.66. The molecule has 1 aliphatic rings. The zero-order valence-corrected chi connectivity index (χ0v) is 19.9. The van der Waals surface area contributed by atoms with Crippen LogP contribution in [0.25, 0.3) is 0 Å². The van der Waals surface area contributed by atoms with Crippen molar-refractivity contribution in [2.75, 3.05) is 18.9 Å². The minimum absolute atomic E-state index is 0.0803. The number of nitrogen functional groups attached to an aromatic ring is 1. The van der Waals surface area contributed by atoms with Gasteiger partial charge in [0, 0.05) is 22.6 Å². The molecule has 0 heterocycles. The van der Waals surface area contributed by atoms with Crippen LogP contribution in [0.1, 0.15) is 54.9 Å². The molecule has 0 saturated heterocycles. The summed E-state index contributed by atoms with van der Waals surface area (Å²) >= 11 is 3.35. The van der Waals surface area contributed by atoms with Gasteiger partial charge in [-0.2, -0.15) is 0 Å². The summed E-state index contributed by atoms with van der Waals surface area (Å²) in [6.07, 6.45) is -4.04. The van der Waals surface area contributed by atoms with Crippen LogP contribution >= 0.6 is 15.9 Å². The van der Waals surface area contributed by atoms with Crippen molar-refractivity contribution in [1.29, 1.82) is 0 Å². The number of ketones is 1. The van der Waals surface area contributed by atoms with Crippen molar-refractivity contribution < 1.29 is 35.4 Å². The molecule has 1 aromatic carbocycles. The Morgan fingerprint density at radius 3 is 2.28 bits per heavy atom. The molecule has 10 heteroatoms. The quantitative estimate of drug-likeness (QED) is 0.159. The van der Waals surface area contributed by atoms with Gasteiger partial charge in [0.25, 0.3) is 0 Å². The first-order valence-corrected chi connectivity index (χ1v) is 11.8. The Morgan fingerprint density at radius 1 is 1.09 bits per heavy atom. The van der Waals surface area contributed by atoms with Gasteiger partial charge < -0.3 is 36.4 Å². The second-order valence-corrected chi connectivity index (χ2v) is 9.27. The van der Waals surface area contributed by atoms with E-state index in [1.165, 1.54) is 25.3 Å². The van der Waals surface area contributed by atoms with Gasteiger partial charge in [0.1, 0.15) is 30.5 Å². The van der Waals surface area contributed by atoms with E-state index in [1.807, 2.05) is 0 Å². The molecule has 1 saturated carbocycles. The van der Waals surface area contributed by atoms with Crippen LogP contribution in [0, 0.1) is 0 Å². The number of benzene rings is 1. The summed E-state index contributed by atoms with van der Waals surface area (Å²) < 4.78 is 0.469. The second kappa shape index (κ2) is 12.4. The molecule has 1 fully saturated rings. The van der Waals surface area contributed by atoms with Gasteiger partial charge in [0.15, 0.2) is 5.78 Å². The van der Waals surface area contributed by atoms with Gasteiger partial charge in [-0.05, 0) is 53.0 Å². The molecular formula is C22H35BrN2O7. The minimum Gasteiger partial charge on any atom is -0.398 e. The maximum absolute atomic E-state index is 12.8. The van der Waals surface area contributed by atoms with Gasteiger partial charge in [-0.25, -0.2) is 0 Å². The number of hydrogen-bond acceptors (Lipinski definition) is 9. The molecular weight excluding hydrogens is 484 g/mol. The van der Waals surface area contributed by atoms with Crippen LogP contribution in [0.4, 0.5) is 5.69 Å². The van der Waals surface area contributed by atoms with Gasteiger partial charge in [-0.1, -0.05) is 26.2 Å². The van der Waals surface area contributed by atoms with Gasteiger partial charge in [-0.15, -0.1) is 0 Å². The SMILES string of the molecule is CCN(Cc1cc(C(=O)C(O)[C@@H](O)[C@@H](O)[C@H](O)[C@H](O)CO)cc(Br)c1N)C1CCCCC1. The molecule has 0 bridgehead atoms. The monoisotopic (exact) mass is 518 g/mol.